The van der Waals surface area contributed by atoms with E-state index in [1.165, 1.54) is 14.2 Å². The molecule has 18 heavy (non-hydrogen) atoms. The first-order valence-corrected chi connectivity index (χ1v) is 5.53. The van der Waals surface area contributed by atoms with Gasteiger partial charge in [0.15, 0.2) is 11.4 Å². The number of aromatic amines is 1. The molecule has 100 valence electrons. The molecule has 0 bridgehead atoms. The summed E-state index contributed by atoms with van der Waals surface area (Å²) < 4.78 is 14.5. The molecule has 0 unspecified atom stereocenters. The Hall–Kier alpha value is -2.05. The third kappa shape index (κ3) is 2.99. The summed E-state index contributed by atoms with van der Waals surface area (Å²) in [7, 11) is 2.46. The van der Waals surface area contributed by atoms with E-state index in [-0.39, 0.29) is 17.1 Å². The van der Waals surface area contributed by atoms with Crippen molar-refractivity contribution >= 4 is 11.9 Å². The summed E-state index contributed by atoms with van der Waals surface area (Å²) >= 11 is 0. The summed E-state index contributed by atoms with van der Waals surface area (Å²) in [6.45, 7) is 2.38. The molecule has 7 heteroatoms. The number of nitrogens with zero attached hydrogens (tertiary/aromatic N) is 1. The smallest absolute Gasteiger partial charge is 0.362 e. The van der Waals surface area contributed by atoms with Gasteiger partial charge in [-0.15, -0.1) is 0 Å². The quantitative estimate of drug-likeness (QED) is 0.606. The molecular formula is C11H16N2O5. The zero-order chi connectivity index (χ0) is 13.5. The Balaban J connectivity index is 3.01. The minimum Gasteiger partial charge on any atom is -0.489 e. The Labute approximate surface area is 104 Å². The number of methoxy groups -OCH3 is 2. The van der Waals surface area contributed by atoms with Crippen LogP contribution >= 0.6 is 0 Å². The fraction of sp³-hybridized carbons (Fsp3) is 0.545. The van der Waals surface area contributed by atoms with E-state index >= 15 is 0 Å². The molecule has 0 aromatic carbocycles. The number of esters is 2. The second kappa shape index (κ2) is 6.63. The number of ether oxygens (including phenoxy) is 3. The molecule has 0 spiro atoms. The van der Waals surface area contributed by atoms with Crippen molar-refractivity contribution in [2.24, 2.45) is 0 Å². The third-order valence-corrected chi connectivity index (χ3v) is 2.23. The van der Waals surface area contributed by atoms with E-state index in [0.29, 0.717) is 6.61 Å². The van der Waals surface area contributed by atoms with Crippen molar-refractivity contribution in [2.75, 3.05) is 20.8 Å². The fourth-order valence-electron chi connectivity index (χ4n) is 1.27. The van der Waals surface area contributed by atoms with Gasteiger partial charge in [-0.05, 0) is 6.42 Å². The van der Waals surface area contributed by atoms with Crippen LogP contribution in [0.15, 0.2) is 0 Å². The van der Waals surface area contributed by atoms with Crippen LogP contribution < -0.4 is 4.74 Å². The molecule has 0 aliphatic carbocycles. The van der Waals surface area contributed by atoms with E-state index in [1.54, 1.807) is 0 Å². The first-order valence-electron chi connectivity index (χ1n) is 5.53. The van der Waals surface area contributed by atoms with Gasteiger partial charge in [0.1, 0.15) is 0 Å². The lowest BCUT2D eigenvalue weighted by atomic mass is 10.3. The van der Waals surface area contributed by atoms with Gasteiger partial charge in [0.2, 0.25) is 5.69 Å². The van der Waals surface area contributed by atoms with Crippen molar-refractivity contribution in [1.82, 2.24) is 10.2 Å². The number of hydrogen-bond acceptors (Lipinski definition) is 6. The van der Waals surface area contributed by atoms with Gasteiger partial charge in [-0.1, -0.05) is 13.3 Å². The normalized spacial score (nSPS) is 9.94. The molecule has 0 aliphatic heterocycles. The van der Waals surface area contributed by atoms with Crippen LogP contribution in [0.5, 0.6) is 5.75 Å². The Bertz CT molecular complexity index is 394. The lowest BCUT2D eigenvalue weighted by Gasteiger charge is -2.06. The molecule has 0 saturated heterocycles. The predicted molar refractivity (Wildman–Crippen MR) is 61.7 cm³/mol. The van der Waals surface area contributed by atoms with Crippen LogP contribution in [-0.2, 0) is 9.47 Å². The van der Waals surface area contributed by atoms with Crippen LogP contribution in [0, 0.1) is 0 Å². The van der Waals surface area contributed by atoms with Crippen molar-refractivity contribution in [3.05, 3.63) is 11.4 Å². The van der Waals surface area contributed by atoms with Crippen LogP contribution in [0.2, 0.25) is 0 Å². The Kier molecular flexibility index (Phi) is 5.16. The van der Waals surface area contributed by atoms with Gasteiger partial charge in [0.05, 0.1) is 20.8 Å². The number of H-pyrrole nitrogens is 1. The molecule has 0 saturated carbocycles. The highest BCUT2D eigenvalue weighted by molar-refractivity contribution is 5.97. The average molecular weight is 256 g/mol. The van der Waals surface area contributed by atoms with E-state index in [9.17, 15) is 9.59 Å². The molecule has 1 heterocycles. The van der Waals surface area contributed by atoms with Gasteiger partial charge < -0.3 is 14.2 Å². The number of unbranched alkanes of at least 4 members (excludes halogenated alkanes) is 1. The molecule has 0 atom stereocenters. The monoisotopic (exact) mass is 256 g/mol. The number of rotatable bonds is 6. The van der Waals surface area contributed by atoms with Crippen molar-refractivity contribution in [2.45, 2.75) is 19.8 Å². The highest BCUT2D eigenvalue weighted by Crippen LogP contribution is 2.23. The van der Waals surface area contributed by atoms with Crippen LogP contribution in [0.25, 0.3) is 0 Å². The highest BCUT2D eigenvalue weighted by atomic mass is 16.5. The molecule has 0 radical (unpaired) electrons. The minimum atomic E-state index is -0.673. The summed E-state index contributed by atoms with van der Waals surface area (Å²) in [6.07, 6.45) is 1.73. The Morgan fingerprint density at radius 3 is 2.44 bits per heavy atom. The molecule has 0 fully saturated rings. The van der Waals surface area contributed by atoms with Gasteiger partial charge in [-0.25, -0.2) is 9.59 Å². The SMILES string of the molecule is CCCCOc1c(C(=O)OC)n[nH]c1C(=O)OC. The lowest BCUT2D eigenvalue weighted by molar-refractivity contribution is 0.0588. The first-order chi connectivity index (χ1) is 8.65. The van der Waals surface area contributed by atoms with Gasteiger partial charge >= 0.3 is 11.9 Å². The van der Waals surface area contributed by atoms with Crippen LogP contribution in [-0.4, -0.2) is 43.0 Å². The van der Waals surface area contributed by atoms with Crippen LogP contribution in [0.4, 0.5) is 0 Å². The molecule has 1 aromatic heterocycles. The molecular weight excluding hydrogens is 240 g/mol. The third-order valence-electron chi connectivity index (χ3n) is 2.23. The molecule has 7 nitrogen and oxygen atoms in total. The molecule has 0 amide bonds. The van der Waals surface area contributed by atoms with Crippen molar-refractivity contribution in [3.63, 3.8) is 0 Å². The zero-order valence-electron chi connectivity index (χ0n) is 10.6. The summed E-state index contributed by atoms with van der Waals surface area (Å²) in [5.41, 5.74) is -0.0528. The number of aromatic nitrogens is 2. The predicted octanol–water partition coefficient (Wildman–Crippen LogP) is 1.16. The first kappa shape index (κ1) is 14.0. The number of carbonyl (C=O) groups is 2. The van der Waals surface area contributed by atoms with Crippen molar-refractivity contribution in [1.29, 1.82) is 0 Å². The van der Waals surface area contributed by atoms with Crippen LogP contribution in [0.1, 0.15) is 40.7 Å². The summed E-state index contributed by atoms with van der Waals surface area (Å²) in [4.78, 5) is 22.9. The Morgan fingerprint density at radius 1 is 1.22 bits per heavy atom. The summed E-state index contributed by atoms with van der Waals surface area (Å²) in [6, 6.07) is 0. The maximum absolute atomic E-state index is 11.5. The van der Waals surface area contributed by atoms with Gasteiger partial charge in [-0.3, -0.25) is 5.10 Å². The topological polar surface area (TPSA) is 90.5 Å². The second-order valence-corrected chi connectivity index (χ2v) is 3.46. The number of carbonyl (C=O) groups excluding carboxylic acids is 2. The van der Waals surface area contributed by atoms with Crippen LogP contribution in [0.3, 0.4) is 0 Å². The largest absolute Gasteiger partial charge is 0.489 e. The van der Waals surface area contributed by atoms with E-state index in [1.807, 2.05) is 6.92 Å². The highest BCUT2D eigenvalue weighted by Gasteiger charge is 2.26. The number of hydrogen-bond donors (Lipinski definition) is 1. The van der Waals surface area contributed by atoms with Gasteiger partial charge in [0, 0.05) is 0 Å². The maximum atomic E-state index is 11.5. The van der Waals surface area contributed by atoms with Gasteiger partial charge in [-0.2, -0.15) is 5.10 Å². The summed E-state index contributed by atoms with van der Waals surface area (Å²) in [5, 5.41) is 6.13. The Morgan fingerprint density at radius 2 is 1.89 bits per heavy atom. The standard InChI is InChI=1S/C11H16N2O5/c1-4-5-6-18-9-7(10(14)16-2)12-13-8(9)11(15)17-3/h4-6H2,1-3H3,(H,12,13). The molecule has 0 aliphatic rings. The van der Waals surface area contributed by atoms with E-state index in [2.05, 4.69) is 19.7 Å². The molecule has 1 aromatic rings. The average Bonchev–Trinajstić information content (AvgIpc) is 2.81. The zero-order valence-corrected chi connectivity index (χ0v) is 10.6. The molecule has 1 rings (SSSR count). The minimum absolute atomic E-state index is 0.00834. The van der Waals surface area contributed by atoms with E-state index in [4.69, 9.17) is 4.74 Å². The van der Waals surface area contributed by atoms with Gasteiger partial charge in [0.25, 0.3) is 0 Å². The van der Waals surface area contributed by atoms with Crippen molar-refractivity contribution < 1.29 is 23.8 Å². The number of nitrogens with one attached hydrogen (secondary N) is 1. The fourth-order valence-corrected chi connectivity index (χ4v) is 1.27. The van der Waals surface area contributed by atoms with Crippen molar-refractivity contribution in [3.8, 4) is 5.75 Å². The maximum Gasteiger partial charge on any atom is 0.362 e. The lowest BCUT2D eigenvalue weighted by Crippen LogP contribution is -2.09. The second-order valence-electron chi connectivity index (χ2n) is 3.46. The van der Waals surface area contributed by atoms with E-state index < -0.39 is 11.9 Å². The molecule has 1 N–H and O–H groups in total. The summed E-state index contributed by atoms with van der Waals surface area (Å²) in [5.74, 6) is -1.25. The van der Waals surface area contributed by atoms with E-state index in [0.717, 1.165) is 12.8 Å².